The van der Waals surface area contributed by atoms with E-state index in [2.05, 4.69) is 15.3 Å². The van der Waals surface area contributed by atoms with Gasteiger partial charge in [-0.2, -0.15) is 10.2 Å². The van der Waals surface area contributed by atoms with Gasteiger partial charge < -0.3 is 4.90 Å². The van der Waals surface area contributed by atoms with E-state index in [1.54, 1.807) is 15.4 Å². The summed E-state index contributed by atoms with van der Waals surface area (Å²) in [6.45, 7) is 6.69. The van der Waals surface area contributed by atoms with Gasteiger partial charge in [-0.3, -0.25) is 14.0 Å². The lowest BCUT2D eigenvalue weighted by Crippen LogP contribution is -2.42. The molecule has 1 fully saturated rings. The van der Waals surface area contributed by atoms with Crippen molar-refractivity contribution in [1.82, 2.24) is 29.4 Å². The van der Waals surface area contributed by atoms with Crippen molar-refractivity contribution >= 4 is 5.91 Å². The molecule has 0 unspecified atom stereocenters. The van der Waals surface area contributed by atoms with Crippen LogP contribution in [0.1, 0.15) is 32.5 Å². The molecule has 0 aliphatic carbocycles. The molecule has 1 aliphatic heterocycles. The van der Waals surface area contributed by atoms with Crippen LogP contribution in [0.25, 0.3) is 0 Å². The van der Waals surface area contributed by atoms with Crippen LogP contribution in [0.2, 0.25) is 0 Å². The second-order valence-electron chi connectivity index (χ2n) is 6.79. The second kappa shape index (κ2) is 7.67. The molecule has 3 rings (SSSR count). The van der Waals surface area contributed by atoms with Crippen molar-refractivity contribution in [3.8, 4) is 0 Å². The number of carbonyl (C=O) groups excluding carboxylic acids is 1. The van der Waals surface area contributed by atoms with Crippen molar-refractivity contribution in [2.45, 2.75) is 46.2 Å². The molecule has 2 aromatic rings. The fourth-order valence-electron chi connectivity index (χ4n) is 3.53. The molecule has 8 nitrogen and oxygen atoms in total. The van der Waals surface area contributed by atoms with Gasteiger partial charge in [-0.15, -0.1) is 0 Å². The summed E-state index contributed by atoms with van der Waals surface area (Å²) in [5.41, 5.74) is -0.141. The molecule has 25 heavy (non-hydrogen) atoms. The molecule has 0 spiro atoms. The number of hydrogen-bond acceptors (Lipinski definition) is 4. The topological polar surface area (TPSA) is 88.8 Å². The van der Waals surface area contributed by atoms with Gasteiger partial charge in [0.05, 0.1) is 12.5 Å². The number of nitrogens with zero attached hydrogens (tertiary/aromatic N) is 5. The molecule has 1 saturated heterocycles. The molecule has 0 radical (unpaired) electrons. The van der Waals surface area contributed by atoms with Gasteiger partial charge in [0.25, 0.3) is 0 Å². The number of amides is 1. The van der Waals surface area contributed by atoms with E-state index in [4.69, 9.17) is 0 Å². The van der Waals surface area contributed by atoms with E-state index < -0.39 is 0 Å². The first kappa shape index (κ1) is 17.4. The zero-order valence-electron chi connectivity index (χ0n) is 14.9. The maximum Gasteiger partial charge on any atom is 0.343 e. The molecule has 0 saturated carbocycles. The minimum absolute atomic E-state index is 0.0759. The zero-order valence-corrected chi connectivity index (χ0v) is 14.9. The molecule has 0 aromatic carbocycles. The molecule has 8 heteroatoms. The largest absolute Gasteiger partial charge is 0.343 e. The molecule has 1 N–H and O–H groups in total. The van der Waals surface area contributed by atoms with E-state index in [9.17, 15) is 9.59 Å². The number of carbonyl (C=O) groups is 1. The third-order valence-corrected chi connectivity index (χ3v) is 4.99. The number of aromatic nitrogens is 5. The van der Waals surface area contributed by atoms with E-state index >= 15 is 0 Å². The lowest BCUT2D eigenvalue weighted by Gasteiger charge is -2.33. The van der Waals surface area contributed by atoms with Crippen molar-refractivity contribution in [3.63, 3.8) is 0 Å². The van der Waals surface area contributed by atoms with Gasteiger partial charge in [0.15, 0.2) is 0 Å². The second-order valence-corrected chi connectivity index (χ2v) is 6.79. The normalized spacial score (nSPS) is 17.0. The smallest absolute Gasteiger partial charge is 0.342 e. The maximum atomic E-state index is 12.6. The number of rotatable bonds is 6. The lowest BCUT2D eigenvalue weighted by molar-refractivity contribution is -0.136. The van der Waals surface area contributed by atoms with Gasteiger partial charge in [-0.25, -0.2) is 9.89 Å². The zero-order chi connectivity index (χ0) is 17.8. The van der Waals surface area contributed by atoms with Crippen molar-refractivity contribution in [1.29, 1.82) is 0 Å². The monoisotopic (exact) mass is 346 g/mol. The van der Waals surface area contributed by atoms with Crippen LogP contribution in [-0.4, -0.2) is 48.4 Å². The summed E-state index contributed by atoms with van der Waals surface area (Å²) >= 11 is 0. The van der Waals surface area contributed by atoms with E-state index in [-0.39, 0.29) is 17.5 Å². The molecule has 1 amide bonds. The van der Waals surface area contributed by atoms with Crippen LogP contribution in [0.4, 0.5) is 0 Å². The Balaban J connectivity index is 1.51. The SMILES string of the molecule is CCn1c(CC2CCN(C(=O)[C@H](C)Cn3cccn3)CC2)n[nH]c1=O. The Bertz CT molecular complexity index is 740. The van der Waals surface area contributed by atoms with Crippen LogP contribution in [0, 0.1) is 11.8 Å². The highest BCUT2D eigenvalue weighted by atomic mass is 16.2. The van der Waals surface area contributed by atoms with Gasteiger partial charge in [-0.1, -0.05) is 6.92 Å². The highest BCUT2D eigenvalue weighted by Gasteiger charge is 2.27. The molecular weight excluding hydrogens is 320 g/mol. The first-order valence-electron chi connectivity index (χ1n) is 8.98. The summed E-state index contributed by atoms with van der Waals surface area (Å²) in [5.74, 6) is 1.41. The Morgan fingerprint density at radius 3 is 2.80 bits per heavy atom. The minimum atomic E-state index is -0.141. The van der Waals surface area contributed by atoms with Crippen molar-refractivity contribution in [2.24, 2.45) is 11.8 Å². The van der Waals surface area contributed by atoms with Gasteiger partial charge in [-0.05, 0) is 31.7 Å². The van der Waals surface area contributed by atoms with Crippen LogP contribution >= 0.6 is 0 Å². The van der Waals surface area contributed by atoms with Crippen LogP contribution in [0.5, 0.6) is 0 Å². The third-order valence-electron chi connectivity index (χ3n) is 4.99. The Labute approximate surface area is 146 Å². The summed E-state index contributed by atoms with van der Waals surface area (Å²) in [7, 11) is 0. The van der Waals surface area contributed by atoms with E-state index in [0.717, 1.165) is 38.2 Å². The van der Waals surface area contributed by atoms with Crippen molar-refractivity contribution in [2.75, 3.05) is 13.1 Å². The van der Waals surface area contributed by atoms with Crippen molar-refractivity contribution < 1.29 is 4.79 Å². The van der Waals surface area contributed by atoms with Gasteiger partial charge in [0.2, 0.25) is 5.91 Å². The fraction of sp³-hybridized carbons (Fsp3) is 0.647. The maximum absolute atomic E-state index is 12.6. The molecular formula is C17H26N6O2. The summed E-state index contributed by atoms with van der Waals surface area (Å²) in [5, 5.41) is 10.8. The van der Waals surface area contributed by atoms with Crippen LogP contribution in [-0.2, 0) is 24.3 Å². The standard InChI is InChI=1S/C17H26N6O2/c1-3-23-15(19-20-17(23)25)11-14-5-9-21(10-6-14)16(24)13(2)12-22-8-4-7-18-22/h4,7-8,13-14H,3,5-6,9-12H2,1-2H3,(H,20,25)/t13-/m1/s1. The molecule has 2 aromatic heterocycles. The molecule has 136 valence electrons. The predicted octanol–water partition coefficient (Wildman–Crippen LogP) is 0.905. The lowest BCUT2D eigenvalue weighted by atomic mass is 9.92. The van der Waals surface area contributed by atoms with Crippen LogP contribution < -0.4 is 5.69 Å². The Hall–Kier alpha value is -2.38. The minimum Gasteiger partial charge on any atom is -0.342 e. The van der Waals surface area contributed by atoms with E-state index in [0.29, 0.717) is 19.0 Å². The number of piperidine rings is 1. The fourth-order valence-corrected chi connectivity index (χ4v) is 3.53. The van der Waals surface area contributed by atoms with Crippen LogP contribution in [0.15, 0.2) is 23.3 Å². The number of hydrogen-bond donors (Lipinski definition) is 1. The molecule has 0 bridgehead atoms. The predicted molar refractivity (Wildman–Crippen MR) is 92.9 cm³/mol. The molecule has 1 aliphatic rings. The molecule has 1 atom stereocenters. The third kappa shape index (κ3) is 4.00. The number of nitrogens with one attached hydrogen (secondary N) is 1. The summed E-state index contributed by atoms with van der Waals surface area (Å²) in [4.78, 5) is 26.2. The van der Waals surface area contributed by atoms with Crippen molar-refractivity contribution in [3.05, 3.63) is 34.8 Å². The van der Waals surface area contributed by atoms with Crippen LogP contribution in [0.3, 0.4) is 0 Å². The van der Waals surface area contributed by atoms with E-state index in [1.165, 1.54) is 0 Å². The van der Waals surface area contributed by atoms with Gasteiger partial charge >= 0.3 is 5.69 Å². The molecule has 3 heterocycles. The first-order valence-corrected chi connectivity index (χ1v) is 8.98. The number of likely N-dealkylation sites (tertiary alicyclic amines) is 1. The summed E-state index contributed by atoms with van der Waals surface area (Å²) < 4.78 is 3.49. The average Bonchev–Trinajstić information content (AvgIpc) is 3.24. The summed E-state index contributed by atoms with van der Waals surface area (Å²) in [6.07, 6.45) is 6.30. The highest BCUT2D eigenvalue weighted by molar-refractivity contribution is 5.78. The highest BCUT2D eigenvalue weighted by Crippen LogP contribution is 2.22. The Morgan fingerprint density at radius 2 is 2.16 bits per heavy atom. The Morgan fingerprint density at radius 1 is 1.40 bits per heavy atom. The summed E-state index contributed by atoms with van der Waals surface area (Å²) in [6, 6.07) is 1.87. The Kier molecular flexibility index (Phi) is 5.35. The quantitative estimate of drug-likeness (QED) is 0.842. The van der Waals surface area contributed by atoms with E-state index in [1.807, 2.05) is 31.0 Å². The first-order chi connectivity index (χ1) is 12.1. The number of aromatic amines is 1. The number of H-pyrrole nitrogens is 1. The van der Waals surface area contributed by atoms with Gasteiger partial charge in [0.1, 0.15) is 5.82 Å². The van der Waals surface area contributed by atoms with Gasteiger partial charge in [0, 0.05) is 38.4 Å². The average molecular weight is 346 g/mol.